The molecule has 2 heterocycles. The maximum absolute atomic E-state index is 9.25. The highest BCUT2D eigenvalue weighted by atomic mass is 16.6. The van der Waals surface area contributed by atoms with Crippen LogP contribution in [0.2, 0.25) is 0 Å². The van der Waals surface area contributed by atoms with Gasteiger partial charge in [0, 0.05) is 19.3 Å². The second-order valence-electron chi connectivity index (χ2n) is 7.43. The molecule has 0 amide bonds. The van der Waals surface area contributed by atoms with E-state index in [1.54, 1.807) is 0 Å². The highest BCUT2D eigenvalue weighted by Gasteiger charge is 2.22. The van der Waals surface area contributed by atoms with E-state index >= 15 is 0 Å². The molecule has 172 valence electrons. The summed E-state index contributed by atoms with van der Waals surface area (Å²) in [4.78, 5) is 9.25. The van der Waals surface area contributed by atoms with Crippen LogP contribution in [0.4, 0.5) is 0 Å². The average molecular weight is 417 g/mol. The molecule has 29 heavy (non-hydrogen) atoms. The first-order chi connectivity index (χ1) is 14.1. The van der Waals surface area contributed by atoms with Gasteiger partial charge in [-0.05, 0) is 12.8 Å². The fourth-order valence-corrected chi connectivity index (χ4v) is 2.37. The number of hydrogen-bond donors (Lipinski definition) is 1. The number of ether oxygens (including phenoxy) is 4. The number of epoxide rings is 2. The molecule has 2 rings (SSSR count). The van der Waals surface area contributed by atoms with Crippen LogP contribution in [-0.2, 0) is 23.7 Å². The summed E-state index contributed by atoms with van der Waals surface area (Å²) in [5.74, 6) is -0.981. The number of aliphatic carboxylic acids is 1. The number of hydrogen-bond acceptors (Lipinski definition) is 5. The lowest BCUT2D eigenvalue weighted by molar-refractivity contribution is -0.131. The van der Waals surface area contributed by atoms with Gasteiger partial charge in [-0.1, -0.05) is 71.8 Å². The zero-order valence-corrected chi connectivity index (χ0v) is 18.7. The van der Waals surface area contributed by atoms with Gasteiger partial charge in [-0.25, -0.2) is 4.79 Å². The molecule has 1 N–H and O–H groups in total. The molecule has 0 aliphatic carbocycles. The van der Waals surface area contributed by atoms with Gasteiger partial charge >= 0.3 is 5.97 Å². The molecule has 2 aliphatic heterocycles. The number of carboxylic acids is 1. The van der Waals surface area contributed by atoms with E-state index in [0.717, 1.165) is 45.7 Å². The molecule has 6 heteroatoms. The molecular weight excluding hydrogens is 372 g/mol. The van der Waals surface area contributed by atoms with E-state index in [1.807, 2.05) is 0 Å². The van der Waals surface area contributed by atoms with E-state index < -0.39 is 5.97 Å². The van der Waals surface area contributed by atoms with E-state index in [-0.39, 0.29) is 0 Å². The van der Waals surface area contributed by atoms with E-state index in [1.165, 1.54) is 64.2 Å². The predicted molar refractivity (Wildman–Crippen MR) is 116 cm³/mol. The van der Waals surface area contributed by atoms with Crippen molar-refractivity contribution in [2.24, 2.45) is 0 Å². The van der Waals surface area contributed by atoms with Gasteiger partial charge in [-0.3, -0.25) is 0 Å². The summed E-state index contributed by atoms with van der Waals surface area (Å²) in [6.07, 6.45) is 14.9. The monoisotopic (exact) mass is 416 g/mol. The summed E-state index contributed by atoms with van der Waals surface area (Å²) in [5.41, 5.74) is 0. The number of rotatable bonds is 17. The van der Waals surface area contributed by atoms with Gasteiger partial charge < -0.3 is 24.1 Å². The molecule has 0 spiro atoms. The minimum Gasteiger partial charge on any atom is -0.478 e. The topological polar surface area (TPSA) is 80.8 Å². The van der Waals surface area contributed by atoms with Gasteiger partial charge in [0.15, 0.2) is 0 Å². The minimum absolute atomic E-state index is 0.431. The van der Waals surface area contributed by atoms with Gasteiger partial charge in [-0.2, -0.15) is 0 Å². The predicted octanol–water partition coefficient (Wildman–Crippen LogP) is 5.00. The smallest absolute Gasteiger partial charge is 0.327 e. The van der Waals surface area contributed by atoms with Crippen LogP contribution >= 0.6 is 0 Å². The SMILES string of the molecule is C=CC(=O)O.CCCCCCCCOCC1CO1.CCCCCCOCC1CO1. The van der Waals surface area contributed by atoms with Crippen molar-refractivity contribution in [2.75, 3.05) is 39.6 Å². The van der Waals surface area contributed by atoms with Gasteiger partial charge in [0.05, 0.1) is 26.4 Å². The first kappa shape index (κ1) is 28.1. The van der Waals surface area contributed by atoms with Gasteiger partial charge in [-0.15, -0.1) is 0 Å². The third kappa shape index (κ3) is 27.1. The van der Waals surface area contributed by atoms with Crippen LogP contribution in [0.25, 0.3) is 0 Å². The van der Waals surface area contributed by atoms with Crippen LogP contribution in [0, 0.1) is 0 Å². The van der Waals surface area contributed by atoms with Crippen LogP contribution in [0.3, 0.4) is 0 Å². The number of unbranched alkanes of at least 4 members (excludes halogenated alkanes) is 8. The highest BCUT2D eigenvalue weighted by molar-refractivity contribution is 5.78. The minimum atomic E-state index is -0.981. The lowest BCUT2D eigenvalue weighted by Gasteiger charge is -2.01. The normalized spacial score (nSPS) is 18.7. The molecule has 0 saturated carbocycles. The zero-order chi connectivity index (χ0) is 21.6. The summed E-state index contributed by atoms with van der Waals surface area (Å²) in [5, 5.41) is 7.60. The first-order valence-corrected chi connectivity index (χ1v) is 11.4. The molecule has 2 fully saturated rings. The number of carbonyl (C=O) groups is 1. The molecule has 0 aromatic rings. The largest absolute Gasteiger partial charge is 0.478 e. The highest BCUT2D eigenvalue weighted by Crippen LogP contribution is 2.10. The van der Waals surface area contributed by atoms with Crippen LogP contribution in [0.5, 0.6) is 0 Å². The van der Waals surface area contributed by atoms with Crippen LogP contribution in [-0.4, -0.2) is 62.9 Å². The van der Waals surface area contributed by atoms with E-state index in [0.29, 0.717) is 12.2 Å². The molecule has 6 nitrogen and oxygen atoms in total. The van der Waals surface area contributed by atoms with Crippen molar-refractivity contribution in [3.8, 4) is 0 Å². The molecule has 2 aliphatic rings. The van der Waals surface area contributed by atoms with Crippen molar-refractivity contribution in [3.63, 3.8) is 0 Å². The molecule has 2 atom stereocenters. The van der Waals surface area contributed by atoms with Gasteiger partial charge in [0.2, 0.25) is 0 Å². The van der Waals surface area contributed by atoms with E-state index in [4.69, 9.17) is 24.1 Å². The maximum Gasteiger partial charge on any atom is 0.327 e. The van der Waals surface area contributed by atoms with Crippen molar-refractivity contribution in [3.05, 3.63) is 12.7 Å². The molecule has 0 radical (unpaired) electrons. The van der Waals surface area contributed by atoms with Crippen molar-refractivity contribution in [1.82, 2.24) is 0 Å². The Morgan fingerprint density at radius 2 is 1.21 bits per heavy atom. The van der Waals surface area contributed by atoms with Gasteiger partial charge in [0.25, 0.3) is 0 Å². The quantitative estimate of drug-likeness (QED) is 0.204. The van der Waals surface area contributed by atoms with E-state index in [2.05, 4.69) is 20.4 Å². The Morgan fingerprint density at radius 1 is 0.862 bits per heavy atom. The zero-order valence-electron chi connectivity index (χ0n) is 18.7. The third-order valence-electron chi connectivity index (χ3n) is 4.37. The van der Waals surface area contributed by atoms with Crippen molar-refractivity contribution in [1.29, 1.82) is 0 Å². The summed E-state index contributed by atoms with van der Waals surface area (Å²) in [6, 6.07) is 0. The molecular formula is C23H44O6. The molecule has 2 unspecified atom stereocenters. The lowest BCUT2D eigenvalue weighted by Crippen LogP contribution is -2.02. The van der Waals surface area contributed by atoms with Gasteiger partial charge in [0.1, 0.15) is 12.2 Å². The summed E-state index contributed by atoms with van der Waals surface area (Å²) in [7, 11) is 0. The van der Waals surface area contributed by atoms with E-state index in [9.17, 15) is 4.79 Å². The Bertz CT molecular complexity index is 366. The van der Waals surface area contributed by atoms with Crippen molar-refractivity contribution < 1.29 is 28.8 Å². The molecule has 0 bridgehead atoms. The summed E-state index contributed by atoms with van der Waals surface area (Å²) in [6.45, 7) is 12.7. The lowest BCUT2D eigenvalue weighted by atomic mass is 10.1. The Hall–Kier alpha value is -0.950. The Kier molecular flexibility index (Phi) is 21.0. The second-order valence-corrected chi connectivity index (χ2v) is 7.43. The van der Waals surface area contributed by atoms with Crippen LogP contribution in [0.15, 0.2) is 12.7 Å². The summed E-state index contributed by atoms with van der Waals surface area (Å²) < 4.78 is 20.9. The first-order valence-electron chi connectivity index (χ1n) is 11.4. The third-order valence-corrected chi connectivity index (χ3v) is 4.37. The average Bonchev–Trinajstić information content (AvgIpc) is 3.63. The maximum atomic E-state index is 9.25. The second kappa shape index (κ2) is 21.8. The van der Waals surface area contributed by atoms with Crippen molar-refractivity contribution >= 4 is 5.97 Å². The van der Waals surface area contributed by atoms with Crippen LogP contribution in [0.1, 0.15) is 78.1 Å². The fraction of sp³-hybridized carbons (Fsp3) is 0.870. The Labute approximate surface area is 177 Å². The standard InChI is InChI=1S/C11H22O2.C9H18O2.C3H4O2/c1-2-3-4-5-6-7-8-12-9-11-10-13-11;1-2-3-4-5-6-10-7-9-8-11-9;1-2-3(4)5/h11H,2-10H2,1H3;9H,2-8H2,1H3;2H,1H2,(H,4,5). The molecule has 2 saturated heterocycles. The molecule has 0 aromatic heterocycles. The Morgan fingerprint density at radius 3 is 1.55 bits per heavy atom. The van der Waals surface area contributed by atoms with Crippen LogP contribution < -0.4 is 0 Å². The fourth-order valence-electron chi connectivity index (χ4n) is 2.37. The summed E-state index contributed by atoms with van der Waals surface area (Å²) >= 11 is 0. The number of carboxylic acid groups (broad SMARTS) is 1. The Balaban J connectivity index is 0.000000445. The van der Waals surface area contributed by atoms with Crippen molar-refractivity contribution in [2.45, 2.75) is 90.3 Å². The molecule has 0 aromatic carbocycles.